The highest BCUT2D eigenvalue weighted by atomic mass is 16.3. The van der Waals surface area contributed by atoms with Gasteiger partial charge in [0.25, 0.3) is 0 Å². The molecule has 72 valence electrons. The molecule has 0 saturated carbocycles. The molecule has 0 fully saturated rings. The molecule has 0 spiro atoms. The number of carbonyl (C=O) groups excluding carboxylic acids is 1. The van der Waals surface area contributed by atoms with Gasteiger partial charge in [-0.15, -0.1) is 0 Å². The lowest BCUT2D eigenvalue weighted by molar-refractivity contribution is -0.126. The Morgan fingerprint density at radius 1 is 1.58 bits per heavy atom. The average molecular weight is 176 g/mol. The molecule has 12 heavy (non-hydrogen) atoms. The lowest BCUT2D eigenvalue weighted by Gasteiger charge is -2.19. The third-order valence-electron chi connectivity index (χ3n) is 1.44. The summed E-state index contributed by atoms with van der Waals surface area (Å²) in [7, 11) is 0. The van der Waals surface area contributed by atoms with E-state index >= 15 is 0 Å². The monoisotopic (exact) mass is 176 g/mol. The first-order valence-corrected chi connectivity index (χ1v) is 3.90. The summed E-state index contributed by atoms with van der Waals surface area (Å²) < 4.78 is 0. The van der Waals surface area contributed by atoms with Gasteiger partial charge in [0.15, 0.2) is 0 Å². The zero-order valence-electron chi connectivity index (χ0n) is 7.45. The van der Waals surface area contributed by atoms with Gasteiger partial charge in [-0.3, -0.25) is 4.79 Å². The van der Waals surface area contributed by atoms with Crippen molar-refractivity contribution in [2.75, 3.05) is 6.61 Å². The molecule has 0 rings (SSSR count). The second-order valence-electron chi connectivity index (χ2n) is 3.42. The summed E-state index contributed by atoms with van der Waals surface area (Å²) >= 11 is 0. The molecule has 0 aliphatic heterocycles. The SMILES string of the molecule is CC(O)CC(=O)CC(C)(O)CO. The second kappa shape index (κ2) is 4.54. The molecule has 0 aromatic carbocycles. The van der Waals surface area contributed by atoms with Crippen molar-refractivity contribution in [1.82, 2.24) is 0 Å². The first-order valence-electron chi connectivity index (χ1n) is 3.90. The van der Waals surface area contributed by atoms with E-state index in [0.717, 1.165) is 0 Å². The van der Waals surface area contributed by atoms with Gasteiger partial charge < -0.3 is 15.3 Å². The highest BCUT2D eigenvalue weighted by Crippen LogP contribution is 2.10. The van der Waals surface area contributed by atoms with Crippen molar-refractivity contribution in [3.63, 3.8) is 0 Å². The van der Waals surface area contributed by atoms with Crippen LogP contribution in [-0.2, 0) is 4.79 Å². The highest BCUT2D eigenvalue weighted by Gasteiger charge is 2.23. The zero-order valence-corrected chi connectivity index (χ0v) is 7.45. The fourth-order valence-corrected chi connectivity index (χ4v) is 0.882. The van der Waals surface area contributed by atoms with Gasteiger partial charge in [-0.25, -0.2) is 0 Å². The molecule has 4 nitrogen and oxygen atoms in total. The standard InChI is InChI=1S/C8H16O4/c1-6(10)3-7(11)4-8(2,12)5-9/h6,9-10,12H,3-5H2,1-2H3. The third kappa shape index (κ3) is 5.23. The maximum Gasteiger partial charge on any atom is 0.138 e. The predicted octanol–water partition coefficient (Wildman–Crippen LogP) is -0.540. The van der Waals surface area contributed by atoms with Crippen molar-refractivity contribution in [3.05, 3.63) is 0 Å². The first kappa shape index (κ1) is 11.6. The summed E-state index contributed by atoms with van der Waals surface area (Å²) in [6.07, 6.45) is -0.781. The summed E-state index contributed by atoms with van der Waals surface area (Å²) in [4.78, 5) is 11.0. The summed E-state index contributed by atoms with van der Waals surface area (Å²) in [6.45, 7) is 2.44. The Kier molecular flexibility index (Phi) is 4.37. The maximum absolute atomic E-state index is 11.0. The van der Waals surface area contributed by atoms with Gasteiger partial charge in [0.05, 0.1) is 18.3 Å². The van der Waals surface area contributed by atoms with Gasteiger partial charge in [-0.2, -0.15) is 0 Å². The molecule has 0 aliphatic carbocycles. The molecule has 0 saturated heterocycles. The number of ketones is 1. The highest BCUT2D eigenvalue weighted by molar-refractivity contribution is 5.79. The Labute approximate surface area is 71.8 Å². The van der Waals surface area contributed by atoms with Crippen molar-refractivity contribution in [3.8, 4) is 0 Å². The Balaban J connectivity index is 3.84. The van der Waals surface area contributed by atoms with Crippen LogP contribution in [0.3, 0.4) is 0 Å². The Morgan fingerprint density at radius 3 is 2.42 bits per heavy atom. The maximum atomic E-state index is 11.0. The van der Waals surface area contributed by atoms with Crippen LogP contribution < -0.4 is 0 Å². The average Bonchev–Trinajstić information content (AvgIpc) is 1.84. The number of hydrogen-bond acceptors (Lipinski definition) is 4. The van der Waals surface area contributed by atoms with Crippen LogP contribution in [0.4, 0.5) is 0 Å². The number of carbonyl (C=O) groups is 1. The second-order valence-corrected chi connectivity index (χ2v) is 3.42. The van der Waals surface area contributed by atoms with Crippen molar-refractivity contribution < 1.29 is 20.1 Å². The minimum atomic E-state index is -1.36. The number of hydrogen-bond donors (Lipinski definition) is 3. The predicted molar refractivity (Wildman–Crippen MR) is 43.6 cm³/mol. The van der Waals surface area contributed by atoms with Gasteiger partial charge in [-0.05, 0) is 13.8 Å². The molecule has 0 aromatic heterocycles. The van der Waals surface area contributed by atoms with E-state index in [1.54, 1.807) is 0 Å². The topological polar surface area (TPSA) is 77.8 Å². The normalized spacial score (nSPS) is 18.4. The summed E-state index contributed by atoms with van der Waals surface area (Å²) in [5.74, 6) is -0.246. The van der Waals surface area contributed by atoms with Crippen LogP contribution in [0.1, 0.15) is 26.7 Å². The van der Waals surface area contributed by atoms with E-state index < -0.39 is 18.3 Å². The van der Waals surface area contributed by atoms with Crippen LogP contribution in [0.5, 0.6) is 0 Å². The van der Waals surface area contributed by atoms with E-state index in [-0.39, 0.29) is 18.6 Å². The molecule has 0 heterocycles. The van der Waals surface area contributed by atoms with Crippen LogP contribution in [0.25, 0.3) is 0 Å². The summed E-state index contributed by atoms with van der Waals surface area (Å²) in [5, 5.41) is 26.7. The smallest absolute Gasteiger partial charge is 0.138 e. The van der Waals surface area contributed by atoms with Gasteiger partial charge in [0.2, 0.25) is 0 Å². The number of aliphatic hydroxyl groups excluding tert-OH is 2. The Bertz CT molecular complexity index is 151. The van der Waals surface area contributed by atoms with Gasteiger partial charge in [-0.1, -0.05) is 0 Å². The third-order valence-corrected chi connectivity index (χ3v) is 1.44. The molecule has 0 aromatic rings. The van der Waals surface area contributed by atoms with E-state index in [9.17, 15) is 9.90 Å². The van der Waals surface area contributed by atoms with E-state index in [2.05, 4.69) is 0 Å². The van der Waals surface area contributed by atoms with Crippen molar-refractivity contribution in [2.45, 2.75) is 38.4 Å². The number of Topliss-reactive ketones (excluding diaryl/α,β-unsaturated/α-hetero) is 1. The minimum absolute atomic E-state index is 0.0240. The van der Waals surface area contributed by atoms with Crippen LogP contribution in [0, 0.1) is 0 Å². The fourth-order valence-electron chi connectivity index (χ4n) is 0.882. The van der Waals surface area contributed by atoms with Crippen LogP contribution in [0.2, 0.25) is 0 Å². The molecule has 0 amide bonds. The van der Waals surface area contributed by atoms with Gasteiger partial charge in [0.1, 0.15) is 5.78 Å². The number of aliphatic hydroxyl groups is 3. The molecule has 2 unspecified atom stereocenters. The Morgan fingerprint density at radius 2 is 2.08 bits per heavy atom. The lowest BCUT2D eigenvalue weighted by atomic mass is 9.98. The molecule has 2 atom stereocenters. The van der Waals surface area contributed by atoms with E-state index in [1.165, 1.54) is 13.8 Å². The quantitative estimate of drug-likeness (QED) is 0.525. The van der Waals surface area contributed by atoms with Crippen molar-refractivity contribution in [2.24, 2.45) is 0 Å². The van der Waals surface area contributed by atoms with Crippen molar-refractivity contribution >= 4 is 5.78 Å². The van der Waals surface area contributed by atoms with E-state index in [4.69, 9.17) is 10.2 Å². The fraction of sp³-hybridized carbons (Fsp3) is 0.875. The van der Waals surface area contributed by atoms with Gasteiger partial charge in [0, 0.05) is 12.8 Å². The number of rotatable bonds is 5. The first-order chi connectivity index (χ1) is 5.37. The van der Waals surface area contributed by atoms with Gasteiger partial charge >= 0.3 is 0 Å². The molecule has 4 heteroatoms. The van der Waals surface area contributed by atoms with Crippen LogP contribution >= 0.6 is 0 Å². The lowest BCUT2D eigenvalue weighted by Crippen LogP contribution is -2.32. The Hall–Kier alpha value is -0.450. The molecular weight excluding hydrogens is 160 g/mol. The molecule has 3 N–H and O–H groups in total. The van der Waals surface area contributed by atoms with E-state index in [0.29, 0.717) is 0 Å². The van der Waals surface area contributed by atoms with E-state index in [1.807, 2.05) is 0 Å². The summed E-state index contributed by atoms with van der Waals surface area (Å²) in [5.41, 5.74) is -1.36. The molecule has 0 radical (unpaired) electrons. The molecule has 0 bridgehead atoms. The summed E-state index contributed by atoms with van der Waals surface area (Å²) in [6, 6.07) is 0. The minimum Gasteiger partial charge on any atom is -0.393 e. The largest absolute Gasteiger partial charge is 0.393 e. The zero-order chi connectivity index (χ0) is 9.78. The van der Waals surface area contributed by atoms with Crippen LogP contribution in [0.15, 0.2) is 0 Å². The van der Waals surface area contributed by atoms with Crippen molar-refractivity contribution in [1.29, 1.82) is 0 Å². The van der Waals surface area contributed by atoms with Crippen LogP contribution in [-0.4, -0.2) is 39.4 Å². The molecule has 0 aliphatic rings. The molecular formula is C8H16O4.